The molecule has 3 rings (SSSR count). The van der Waals surface area contributed by atoms with Crippen LogP contribution in [0.25, 0.3) is 22.2 Å². The van der Waals surface area contributed by atoms with Gasteiger partial charge in [0.1, 0.15) is 10.6 Å². The van der Waals surface area contributed by atoms with Crippen LogP contribution in [0.1, 0.15) is 42.3 Å². The number of alkyl halides is 3. The number of carbonyl (C=O) groups is 1. The summed E-state index contributed by atoms with van der Waals surface area (Å²) < 4.78 is 70.9. The Morgan fingerprint density at radius 1 is 1.18 bits per heavy atom. The Hall–Kier alpha value is -3.14. The SMILES string of the molecule is CCOc1cc2nc(-c3cccc(C(F)(F)F)c3)c(C)c(C(=O)[O-])c2cc1S(=O)(=O)C(C)C. The number of ether oxygens (including phenoxy) is 1. The summed E-state index contributed by atoms with van der Waals surface area (Å²) in [6.45, 7) is 6.13. The quantitative estimate of drug-likeness (QED) is 0.525. The summed E-state index contributed by atoms with van der Waals surface area (Å²) in [5.74, 6) is -1.63. The van der Waals surface area contributed by atoms with Crippen LogP contribution < -0.4 is 9.84 Å². The van der Waals surface area contributed by atoms with Gasteiger partial charge in [-0.1, -0.05) is 12.1 Å². The minimum Gasteiger partial charge on any atom is -0.545 e. The zero-order chi connectivity index (χ0) is 24.7. The summed E-state index contributed by atoms with van der Waals surface area (Å²) in [6.07, 6.45) is -4.60. The van der Waals surface area contributed by atoms with Crippen LogP contribution in [0.5, 0.6) is 5.75 Å². The van der Waals surface area contributed by atoms with Crippen molar-refractivity contribution in [2.75, 3.05) is 6.61 Å². The molecule has 0 fully saturated rings. The van der Waals surface area contributed by atoms with Gasteiger partial charge in [0.15, 0.2) is 9.84 Å². The smallest absolute Gasteiger partial charge is 0.416 e. The maximum absolute atomic E-state index is 13.2. The van der Waals surface area contributed by atoms with E-state index in [9.17, 15) is 31.5 Å². The standard InChI is InChI=1S/C23H22F3NO5S/c1-5-32-18-11-17-16(10-19(18)33(30,31)12(2)3)20(22(28)29)13(4)21(27-17)14-7-6-8-15(9-14)23(24,25)26/h6-12H,5H2,1-4H3,(H,28,29)/p-1. The second-order valence-corrected chi connectivity index (χ2v) is 10.1. The number of carboxylic acid groups (broad SMARTS) is 1. The summed E-state index contributed by atoms with van der Waals surface area (Å²) >= 11 is 0. The minimum atomic E-state index is -4.60. The van der Waals surface area contributed by atoms with Crippen LogP contribution in [-0.2, 0) is 16.0 Å². The van der Waals surface area contributed by atoms with E-state index in [1.807, 2.05) is 0 Å². The van der Waals surface area contributed by atoms with E-state index in [2.05, 4.69) is 4.98 Å². The average Bonchev–Trinajstić information content (AvgIpc) is 2.72. The molecule has 0 N–H and O–H groups in total. The summed E-state index contributed by atoms with van der Waals surface area (Å²) in [5, 5.41) is 11.2. The van der Waals surface area contributed by atoms with Gasteiger partial charge in [0.05, 0.1) is 34.6 Å². The van der Waals surface area contributed by atoms with Gasteiger partial charge in [0, 0.05) is 22.6 Å². The molecule has 0 bridgehead atoms. The molecule has 2 aromatic carbocycles. The number of rotatable bonds is 6. The number of aromatic nitrogens is 1. The first kappa shape index (κ1) is 24.5. The van der Waals surface area contributed by atoms with Crippen molar-refractivity contribution in [2.24, 2.45) is 0 Å². The fourth-order valence-corrected chi connectivity index (χ4v) is 4.69. The molecule has 0 amide bonds. The van der Waals surface area contributed by atoms with Crippen molar-refractivity contribution in [1.82, 2.24) is 4.98 Å². The van der Waals surface area contributed by atoms with Gasteiger partial charge in [-0.15, -0.1) is 0 Å². The molecule has 1 aromatic heterocycles. The summed E-state index contributed by atoms with van der Waals surface area (Å²) in [7, 11) is -3.85. The van der Waals surface area contributed by atoms with Gasteiger partial charge in [0.25, 0.3) is 0 Å². The molecule has 0 saturated heterocycles. The minimum absolute atomic E-state index is 0.00842. The Morgan fingerprint density at radius 2 is 1.85 bits per heavy atom. The molecule has 3 aromatic rings. The molecule has 33 heavy (non-hydrogen) atoms. The monoisotopic (exact) mass is 480 g/mol. The normalized spacial score (nSPS) is 12.4. The van der Waals surface area contributed by atoms with Gasteiger partial charge in [-0.3, -0.25) is 0 Å². The van der Waals surface area contributed by atoms with Crippen LogP contribution in [0.2, 0.25) is 0 Å². The van der Waals surface area contributed by atoms with E-state index in [1.165, 1.54) is 45.0 Å². The number of fused-ring (bicyclic) bond motifs is 1. The first-order chi connectivity index (χ1) is 15.3. The molecular weight excluding hydrogens is 459 g/mol. The van der Waals surface area contributed by atoms with Crippen molar-refractivity contribution >= 4 is 26.7 Å². The van der Waals surface area contributed by atoms with Crippen LogP contribution in [-0.4, -0.2) is 31.2 Å². The fraction of sp³-hybridized carbons (Fsp3) is 0.304. The average molecular weight is 480 g/mol. The van der Waals surface area contributed by atoms with Crippen molar-refractivity contribution in [3.05, 3.63) is 53.1 Å². The number of carboxylic acids is 1. The number of carbonyl (C=O) groups excluding carboxylic acids is 1. The Kier molecular flexibility index (Phi) is 6.43. The van der Waals surface area contributed by atoms with Crippen LogP contribution >= 0.6 is 0 Å². The predicted molar refractivity (Wildman–Crippen MR) is 115 cm³/mol. The van der Waals surface area contributed by atoms with Crippen LogP contribution in [0.4, 0.5) is 13.2 Å². The van der Waals surface area contributed by atoms with E-state index in [-0.39, 0.29) is 50.5 Å². The topological polar surface area (TPSA) is 96.4 Å². The lowest BCUT2D eigenvalue weighted by molar-refractivity contribution is -0.254. The van der Waals surface area contributed by atoms with Gasteiger partial charge in [-0.2, -0.15) is 13.2 Å². The van der Waals surface area contributed by atoms with E-state index >= 15 is 0 Å². The van der Waals surface area contributed by atoms with Gasteiger partial charge >= 0.3 is 6.18 Å². The van der Waals surface area contributed by atoms with E-state index in [0.717, 1.165) is 12.1 Å². The lowest BCUT2D eigenvalue weighted by Crippen LogP contribution is -2.24. The van der Waals surface area contributed by atoms with Crippen molar-refractivity contribution in [1.29, 1.82) is 0 Å². The molecule has 0 unspecified atom stereocenters. The molecule has 0 aliphatic heterocycles. The molecular formula is C23H21F3NO5S-. The van der Waals surface area contributed by atoms with Crippen LogP contribution in [0.3, 0.4) is 0 Å². The summed E-state index contributed by atoms with van der Waals surface area (Å²) in [6, 6.07) is 6.83. The van der Waals surface area contributed by atoms with E-state index < -0.39 is 32.8 Å². The fourth-order valence-electron chi connectivity index (χ4n) is 3.50. The second-order valence-electron chi connectivity index (χ2n) is 7.67. The van der Waals surface area contributed by atoms with E-state index in [1.54, 1.807) is 6.92 Å². The van der Waals surface area contributed by atoms with Gasteiger partial charge in [-0.25, -0.2) is 13.4 Å². The Bertz CT molecular complexity index is 1350. The molecule has 0 saturated carbocycles. The molecule has 1 heterocycles. The highest BCUT2D eigenvalue weighted by Crippen LogP contribution is 2.38. The van der Waals surface area contributed by atoms with E-state index in [0.29, 0.717) is 0 Å². The highest BCUT2D eigenvalue weighted by Gasteiger charge is 2.31. The lowest BCUT2D eigenvalue weighted by Gasteiger charge is -2.19. The number of aromatic carboxylic acids is 1. The number of hydrogen-bond acceptors (Lipinski definition) is 6. The Balaban J connectivity index is 2.42. The molecule has 0 atom stereocenters. The maximum atomic E-state index is 13.2. The summed E-state index contributed by atoms with van der Waals surface area (Å²) in [4.78, 5) is 16.2. The van der Waals surface area contributed by atoms with Crippen LogP contribution in [0, 0.1) is 6.92 Å². The number of nitrogens with zero attached hydrogens (tertiary/aromatic N) is 1. The molecule has 0 aliphatic carbocycles. The number of sulfone groups is 1. The summed E-state index contributed by atoms with van der Waals surface area (Å²) in [5.41, 5.74) is -1.09. The molecule has 0 aliphatic rings. The Morgan fingerprint density at radius 3 is 2.39 bits per heavy atom. The molecule has 6 nitrogen and oxygen atoms in total. The maximum Gasteiger partial charge on any atom is 0.416 e. The second kappa shape index (κ2) is 8.66. The first-order valence-corrected chi connectivity index (χ1v) is 11.6. The molecule has 176 valence electrons. The predicted octanol–water partition coefficient (Wildman–Crippen LogP) is 4.17. The zero-order valence-corrected chi connectivity index (χ0v) is 19.1. The lowest BCUT2D eigenvalue weighted by atomic mass is 9.96. The highest BCUT2D eigenvalue weighted by molar-refractivity contribution is 7.92. The molecule has 0 radical (unpaired) electrons. The molecule has 10 heteroatoms. The van der Waals surface area contributed by atoms with Crippen molar-refractivity contribution in [3.8, 4) is 17.0 Å². The van der Waals surface area contributed by atoms with Gasteiger partial charge in [-0.05, 0) is 51.5 Å². The Labute approximate surface area is 189 Å². The third-order valence-electron chi connectivity index (χ3n) is 5.19. The third kappa shape index (κ3) is 4.52. The largest absolute Gasteiger partial charge is 0.545 e. The van der Waals surface area contributed by atoms with Gasteiger partial charge < -0.3 is 14.6 Å². The zero-order valence-electron chi connectivity index (χ0n) is 18.3. The molecule has 0 spiro atoms. The highest BCUT2D eigenvalue weighted by atomic mass is 32.2. The third-order valence-corrected chi connectivity index (χ3v) is 7.36. The van der Waals surface area contributed by atoms with Crippen molar-refractivity contribution < 1.29 is 36.2 Å². The first-order valence-electron chi connectivity index (χ1n) is 10.0. The van der Waals surface area contributed by atoms with Crippen LogP contribution in [0.15, 0.2) is 41.3 Å². The van der Waals surface area contributed by atoms with Crippen molar-refractivity contribution in [2.45, 2.75) is 44.0 Å². The number of halogens is 3. The van der Waals surface area contributed by atoms with Gasteiger partial charge in [0.2, 0.25) is 0 Å². The van der Waals surface area contributed by atoms with Crippen molar-refractivity contribution in [3.63, 3.8) is 0 Å². The number of benzene rings is 2. The number of pyridine rings is 1. The number of hydrogen-bond donors (Lipinski definition) is 0. The van der Waals surface area contributed by atoms with E-state index in [4.69, 9.17) is 4.74 Å².